The summed E-state index contributed by atoms with van der Waals surface area (Å²) in [7, 11) is 0. The molecule has 0 aliphatic rings. The molecule has 5 nitrogen and oxygen atoms in total. The van der Waals surface area contributed by atoms with Crippen LogP contribution in [-0.2, 0) is 0 Å². The number of rotatable bonds is 4. The van der Waals surface area contributed by atoms with Crippen LogP contribution in [0.15, 0.2) is 72.9 Å². The second kappa shape index (κ2) is 8.27. The van der Waals surface area contributed by atoms with Gasteiger partial charge >= 0.3 is 6.03 Å². The monoisotopic (exact) mass is 421 g/mol. The van der Waals surface area contributed by atoms with E-state index >= 15 is 0 Å². The summed E-state index contributed by atoms with van der Waals surface area (Å²) >= 11 is 0. The molecular weight excluding hydrogens is 407 g/mol. The highest BCUT2D eigenvalue weighted by Crippen LogP contribution is 2.24. The number of amides is 2. The van der Waals surface area contributed by atoms with E-state index in [1.54, 1.807) is 24.4 Å². The van der Waals surface area contributed by atoms with E-state index in [2.05, 4.69) is 15.6 Å². The molecule has 2 amide bonds. The summed E-state index contributed by atoms with van der Waals surface area (Å²) in [6.07, 6.45) is 1.60. The maximum Gasteiger partial charge on any atom is 0.323 e. The van der Waals surface area contributed by atoms with Crippen molar-refractivity contribution >= 4 is 34.1 Å². The fourth-order valence-electron chi connectivity index (χ4n) is 3.07. The van der Waals surface area contributed by atoms with Crippen LogP contribution in [0.2, 0.25) is 0 Å². The first kappa shape index (κ1) is 20.1. The van der Waals surface area contributed by atoms with E-state index in [1.165, 1.54) is 30.3 Å². The van der Waals surface area contributed by atoms with E-state index in [0.29, 0.717) is 10.9 Å². The Hall–Kier alpha value is -4.20. The zero-order chi connectivity index (χ0) is 22.0. The molecule has 154 valence electrons. The number of carbonyl (C=O) groups is 2. The number of benzene rings is 3. The maximum absolute atomic E-state index is 15.0. The van der Waals surface area contributed by atoms with Gasteiger partial charge in [0.05, 0.1) is 16.8 Å². The Balaban J connectivity index is 1.62. The Kier molecular flexibility index (Phi) is 5.36. The minimum atomic E-state index is -1.09. The van der Waals surface area contributed by atoms with Crippen molar-refractivity contribution in [1.82, 2.24) is 4.98 Å². The first-order chi connectivity index (χ1) is 14.9. The van der Waals surface area contributed by atoms with Gasteiger partial charge in [-0.05, 0) is 48.5 Å². The molecule has 0 atom stereocenters. The van der Waals surface area contributed by atoms with Gasteiger partial charge in [-0.2, -0.15) is 0 Å². The summed E-state index contributed by atoms with van der Waals surface area (Å²) in [6.45, 7) is 0. The number of hydrogen-bond donors (Lipinski definition) is 2. The van der Waals surface area contributed by atoms with Gasteiger partial charge in [0.2, 0.25) is 0 Å². The van der Waals surface area contributed by atoms with E-state index in [0.717, 1.165) is 18.2 Å². The summed E-state index contributed by atoms with van der Waals surface area (Å²) in [6, 6.07) is 13.7. The van der Waals surface area contributed by atoms with Crippen molar-refractivity contribution in [2.75, 3.05) is 10.6 Å². The third-order valence-electron chi connectivity index (χ3n) is 4.48. The minimum Gasteiger partial charge on any atom is -0.308 e. The van der Waals surface area contributed by atoms with Gasteiger partial charge < -0.3 is 10.6 Å². The molecule has 2 N–H and O–H groups in total. The number of nitrogens with zero attached hydrogens (tertiary/aromatic N) is 1. The molecule has 0 aliphatic carbocycles. The summed E-state index contributed by atoms with van der Waals surface area (Å²) in [5, 5.41) is 5.12. The topological polar surface area (TPSA) is 71.1 Å². The van der Waals surface area contributed by atoms with Crippen molar-refractivity contribution in [2.24, 2.45) is 0 Å². The maximum atomic E-state index is 15.0. The molecule has 8 heteroatoms. The average Bonchev–Trinajstić information content (AvgIpc) is 2.75. The Labute approximate surface area is 174 Å². The van der Waals surface area contributed by atoms with Crippen molar-refractivity contribution < 1.29 is 22.8 Å². The number of hydrogen-bond acceptors (Lipinski definition) is 3. The lowest BCUT2D eigenvalue weighted by Crippen LogP contribution is -2.21. The Bertz CT molecular complexity index is 1320. The largest absolute Gasteiger partial charge is 0.323 e. The summed E-state index contributed by atoms with van der Waals surface area (Å²) in [5.41, 5.74) is -0.158. The van der Waals surface area contributed by atoms with Crippen LogP contribution in [0, 0.1) is 17.5 Å². The third-order valence-corrected chi connectivity index (χ3v) is 4.48. The lowest BCUT2D eigenvalue weighted by Gasteiger charge is -2.11. The van der Waals surface area contributed by atoms with Crippen LogP contribution >= 0.6 is 0 Å². The fraction of sp³-hybridized carbons (Fsp3) is 0. The number of pyridine rings is 1. The molecule has 1 heterocycles. The smallest absolute Gasteiger partial charge is 0.308 e. The van der Waals surface area contributed by atoms with Crippen LogP contribution in [0.25, 0.3) is 10.9 Å². The normalized spacial score (nSPS) is 10.7. The molecule has 0 saturated heterocycles. The van der Waals surface area contributed by atoms with Crippen molar-refractivity contribution in [3.05, 3.63) is 102 Å². The van der Waals surface area contributed by atoms with E-state index < -0.39 is 40.5 Å². The predicted molar refractivity (Wildman–Crippen MR) is 111 cm³/mol. The molecule has 0 spiro atoms. The molecule has 4 aromatic rings. The average molecular weight is 421 g/mol. The highest BCUT2D eigenvalue weighted by Gasteiger charge is 2.20. The number of nitrogens with one attached hydrogen (secondary N) is 2. The molecule has 1 aromatic heterocycles. The minimum absolute atomic E-state index is 0.121. The van der Waals surface area contributed by atoms with Gasteiger partial charge in [-0.25, -0.2) is 18.0 Å². The molecule has 0 radical (unpaired) electrons. The zero-order valence-corrected chi connectivity index (χ0v) is 15.8. The first-order valence-corrected chi connectivity index (χ1v) is 9.13. The number of aromatic nitrogens is 1. The number of urea groups is 1. The Morgan fingerprint density at radius 2 is 1.65 bits per heavy atom. The SMILES string of the molecule is O=C(Nc1cccc(F)c1)Nc1cc(F)cc(C(=O)c2ccc3ncccc3c2)c1F. The fourth-order valence-corrected chi connectivity index (χ4v) is 3.07. The van der Waals surface area contributed by atoms with Crippen molar-refractivity contribution in [2.45, 2.75) is 0 Å². The summed E-state index contributed by atoms with van der Waals surface area (Å²) in [4.78, 5) is 29.1. The van der Waals surface area contributed by atoms with Crippen LogP contribution in [0.5, 0.6) is 0 Å². The van der Waals surface area contributed by atoms with Crippen LogP contribution in [0.4, 0.5) is 29.3 Å². The van der Waals surface area contributed by atoms with E-state index in [4.69, 9.17) is 0 Å². The number of halogens is 3. The molecule has 4 rings (SSSR count). The number of fused-ring (bicyclic) bond motifs is 1. The standard InChI is InChI=1S/C23H14F3N3O2/c24-15-4-1-5-17(10-15)28-23(31)29-20-12-16(25)11-18(21(20)26)22(30)14-6-7-19-13(9-14)3-2-8-27-19/h1-12H,(H2,28,29,31). The van der Waals surface area contributed by atoms with E-state index in [1.807, 2.05) is 0 Å². The van der Waals surface area contributed by atoms with Crippen LogP contribution in [-0.4, -0.2) is 16.8 Å². The van der Waals surface area contributed by atoms with Gasteiger partial charge in [0.25, 0.3) is 0 Å². The zero-order valence-electron chi connectivity index (χ0n) is 15.8. The number of carbonyl (C=O) groups excluding carboxylic acids is 2. The first-order valence-electron chi connectivity index (χ1n) is 9.13. The summed E-state index contributed by atoms with van der Waals surface area (Å²) < 4.78 is 42.3. The van der Waals surface area contributed by atoms with Gasteiger partial charge in [-0.1, -0.05) is 12.1 Å². The van der Waals surface area contributed by atoms with Crippen LogP contribution in [0.3, 0.4) is 0 Å². The van der Waals surface area contributed by atoms with Gasteiger partial charge in [-0.15, -0.1) is 0 Å². The molecular formula is C23H14F3N3O2. The second-order valence-electron chi connectivity index (χ2n) is 6.64. The van der Waals surface area contributed by atoms with Crippen molar-refractivity contribution in [1.29, 1.82) is 0 Å². The van der Waals surface area contributed by atoms with Crippen LogP contribution < -0.4 is 10.6 Å². The van der Waals surface area contributed by atoms with Gasteiger partial charge in [0, 0.05) is 28.9 Å². The Morgan fingerprint density at radius 3 is 2.45 bits per heavy atom. The summed E-state index contributed by atoms with van der Waals surface area (Å²) in [5.74, 6) is -3.33. The van der Waals surface area contributed by atoms with E-state index in [-0.39, 0.29) is 11.3 Å². The van der Waals surface area contributed by atoms with Gasteiger partial charge in [-0.3, -0.25) is 9.78 Å². The van der Waals surface area contributed by atoms with Crippen molar-refractivity contribution in [3.63, 3.8) is 0 Å². The third kappa shape index (κ3) is 4.37. The molecule has 0 bridgehead atoms. The number of ketones is 1. The quantitative estimate of drug-likeness (QED) is 0.426. The Morgan fingerprint density at radius 1 is 0.806 bits per heavy atom. The van der Waals surface area contributed by atoms with E-state index in [9.17, 15) is 22.8 Å². The lowest BCUT2D eigenvalue weighted by atomic mass is 10.00. The highest BCUT2D eigenvalue weighted by molar-refractivity contribution is 6.11. The molecule has 0 unspecified atom stereocenters. The van der Waals surface area contributed by atoms with Gasteiger partial charge in [0.15, 0.2) is 11.6 Å². The molecule has 0 aliphatic heterocycles. The second-order valence-corrected chi connectivity index (χ2v) is 6.64. The van der Waals surface area contributed by atoms with Crippen LogP contribution in [0.1, 0.15) is 15.9 Å². The molecule has 31 heavy (non-hydrogen) atoms. The lowest BCUT2D eigenvalue weighted by molar-refractivity contribution is 0.103. The molecule has 3 aromatic carbocycles. The van der Waals surface area contributed by atoms with Crippen molar-refractivity contribution in [3.8, 4) is 0 Å². The predicted octanol–water partition coefficient (Wildman–Crippen LogP) is 5.53. The molecule has 0 saturated carbocycles. The van der Waals surface area contributed by atoms with Gasteiger partial charge in [0.1, 0.15) is 11.6 Å². The number of anilines is 2. The molecule has 0 fully saturated rings. The highest BCUT2D eigenvalue weighted by atomic mass is 19.1.